The molecular weight excluding hydrogens is 374 g/mol. The number of thiol groups is 1. The van der Waals surface area contributed by atoms with E-state index in [1.807, 2.05) is 20.8 Å². The number of ether oxygens (including phenoxy) is 2. The number of nitrogen functional groups attached to an aromatic ring is 1. The van der Waals surface area contributed by atoms with Gasteiger partial charge in [0.15, 0.2) is 23.3 Å². The first kappa shape index (κ1) is 22.6. The van der Waals surface area contributed by atoms with Gasteiger partial charge in [0.25, 0.3) is 0 Å². The lowest BCUT2D eigenvalue weighted by molar-refractivity contribution is -0.0538. The van der Waals surface area contributed by atoms with Crippen molar-refractivity contribution >= 4 is 24.3 Å². The van der Waals surface area contributed by atoms with Crippen LogP contribution in [0.5, 0.6) is 0 Å². The van der Waals surface area contributed by atoms with Gasteiger partial charge in [-0.15, -0.1) is 0 Å². The summed E-state index contributed by atoms with van der Waals surface area (Å²) in [5.41, 5.74) is 0.341. The fourth-order valence-electron chi connectivity index (χ4n) is 1.86. The quantitative estimate of drug-likeness (QED) is 0.237. The van der Waals surface area contributed by atoms with E-state index in [1.165, 1.54) is 13.8 Å². The largest absolute Gasteiger partial charge is 0.456 e. The van der Waals surface area contributed by atoms with E-state index >= 15 is 0 Å². The molecule has 1 atom stereocenters. The maximum Gasteiger partial charge on any atom is 0.344 e. The van der Waals surface area contributed by atoms with Crippen LogP contribution in [-0.2, 0) is 9.47 Å². The molecule has 0 heterocycles. The maximum atomic E-state index is 13.8. The van der Waals surface area contributed by atoms with Crippen molar-refractivity contribution in [2.75, 3.05) is 12.3 Å². The van der Waals surface area contributed by atoms with Crippen LogP contribution in [0.15, 0.2) is 0 Å². The third kappa shape index (κ3) is 5.03. The molecule has 0 fully saturated rings. The van der Waals surface area contributed by atoms with E-state index in [2.05, 4.69) is 12.6 Å². The Morgan fingerprint density at radius 2 is 1.54 bits per heavy atom. The minimum atomic E-state index is -1.90. The summed E-state index contributed by atoms with van der Waals surface area (Å²) in [5.74, 6) is -9.03. The van der Waals surface area contributed by atoms with Crippen LogP contribution in [-0.4, -0.2) is 29.0 Å². The number of anilines is 1. The van der Waals surface area contributed by atoms with Gasteiger partial charge in [-0.05, 0) is 27.7 Å². The summed E-state index contributed by atoms with van der Waals surface area (Å²) in [5, 5.41) is -0.0721. The van der Waals surface area contributed by atoms with Crippen LogP contribution in [0.25, 0.3) is 0 Å². The molecule has 0 aliphatic carbocycles. The molecule has 0 bridgehead atoms. The van der Waals surface area contributed by atoms with Gasteiger partial charge in [0.2, 0.25) is 0 Å². The van der Waals surface area contributed by atoms with Crippen LogP contribution < -0.4 is 5.73 Å². The van der Waals surface area contributed by atoms with Crippen LogP contribution >= 0.6 is 12.6 Å². The molecule has 0 aliphatic heterocycles. The van der Waals surface area contributed by atoms with Crippen molar-refractivity contribution in [3.63, 3.8) is 0 Å². The number of benzene rings is 1. The number of carbonyl (C=O) groups is 1. The monoisotopic (exact) mass is 397 g/mol. The second-order valence-corrected chi connectivity index (χ2v) is 7.85. The second kappa shape index (κ2) is 8.04. The Kier molecular flexibility index (Phi) is 6.98. The van der Waals surface area contributed by atoms with Gasteiger partial charge in [-0.2, -0.15) is 12.6 Å². The summed E-state index contributed by atoms with van der Waals surface area (Å²) in [6.45, 7) is 8.62. The Balaban J connectivity index is 2.90. The zero-order valence-electron chi connectivity index (χ0n) is 15.3. The summed E-state index contributed by atoms with van der Waals surface area (Å²) >= 11 is 4.30. The molecule has 0 aromatic heterocycles. The van der Waals surface area contributed by atoms with Gasteiger partial charge in [0.05, 0.1) is 12.2 Å². The van der Waals surface area contributed by atoms with Crippen molar-refractivity contribution in [3.8, 4) is 0 Å². The van der Waals surface area contributed by atoms with Crippen molar-refractivity contribution in [2.45, 2.75) is 57.5 Å². The van der Waals surface area contributed by atoms with Crippen molar-refractivity contribution in [3.05, 3.63) is 28.8 Å². The van der Waals surface area contributed by atoms with Crippen molar-refractivity contribution < 1.29 is 31.8 Å². The van der Waals surface area contributed by atoms with E-state index in [1.54, 1.807) is 0 Å². The maximum absolute atomic E-state index is 13.8. The summed E-state index contributed by atoms with van der Waals surface area (Å²) in [4.78, 5) is 12.1. The van der Waals surface area contributed by atoms with E-state index in [-0.39, 0.29) is 18.3 Å². The third-order valence-corrected chi connectivity index (χ3v) is 4.68. The first-order valence-electron chi connectivity index (χ1n) is 7.88. The second-order valence-electron chi connectivity index (χ2n) is 7.07. The zero-order valence-corrected chi connectivity index (χ0v) is 16.1. The lowest BCUT2D eigenvalue weighted by Gasteiger charge is -2.31. The lowest BCUT2D eigenvalue weighted by atomic mass is 10.0. The Morgan fingerprint density at radius 3 is 1.96 bits per heavy atom. The highest BCUT2D eigenvalue weighted by Gasteiger charge is 2.33. The summed E-state index contributed by atoms with van der Waals surface area (Å²) in [6.07, 6.45) is 0.172. The van der Waals surface area contributed by atoms with Gasteiger partial charge in [0, 0.05) is 11.7 Å². The fraction of sp³-hybridized carbons (Fsp3) is 0.588. The number of esters is 1. The highest BCUT2D eigenvalue weighted by atomic mass is 32.1. The van der Waals surface area contributed by atoms with Gasteiger partial charge >= 0.3 is 5.97 Å². The van der Waals surface area contributed by atoms with Crippen LogP contribution in [0.3, 0.4) is 0 Å². The molecule has 4 nitrogen and oxygen atoms in total. The number of rotatable bonds is 7. The minimum Gasteiger partial charge on any atom is -0.456 e. The van der Waals surface area contributed by atoms with Gasteiger partial charge in [-0.1, -0.05) is 6.92 Å². The molecule has 0 saturated heterocycles. The number of carbonyl (C=O) groups excluding carboxylic acids is 1. The lowest BCUT2D eigenvalue weighted by Crippen LogP contribution is -2.37. The first-order valence-corrected chi connectivity index (χ1v) is 8.39. The van der Waals surface area contributed by atoms with E-state index < -0.39 is 51.7 Å². The predicted molar refractivity (Wildman–Crippen MR) is 93.3 cm³/mol. The summed E-state index contributed by atoms with van der Waals surface area (Å²) in [7, 11) is 0. The molecule has 0 amide bonds. The van der Waals surface area contributed by atoms with Crippen LogP contribution in [0.1, 0.15) is 51.4 Å². The SMILES string of the molecule is CC(S)C(C)(C)OCCC(C)(C)OC(=O)c1c(F)c(F)c(N)c(F)c1F. The molecule has 1 aromatic rings. The van der Waals surface area contributed by atoms with Gasteiger partial charge < -0.3 is 15.2 Å². The first-order chi connectivity index (χ1) is 11.7. The third-order valence-electron chi connectivity index (χ3n) is 4.05. The molecule has 1 unspecified atom stereocenters. The number of halogens is 4. The summed E-state index contributed by atoms with van der Waals surface area (Å²) in [6, 6.07) is 0. The Labute approximate surface area is 155 Å². The van der Waals surface area contributed by atoms with E-state index in [9.17, 15) is 22.4 Å². The standard InChI is InChI=1S/C17H23F4NO3S/c1-8(26)17(4,5)24-7-6-16(2,3)25-15(23)9-10(18)12(20)14(22)13(21)11(9)19/h8,26H,6-7,22H2,1-5H3. The van der Waals surface area contributed by atoms with E-state index in [0.717, 1.165) is 0 Å². The van der Waals surface area contributed by atoms with Crippen molar-refractivity contribution in [1.82, 2.24) is 0 Å². The molecule has 0 radical (unpaired) electrons. The van der Waals surface area contributed by atoms with Crippen molar-refractivity contribution in [2.24, 2.45) is 0 Å². The number of nitrogens with two attached hydrogens (primary N) is 1. The number of hydrogen-bond acceptors (Lipinski definition) is 5. The Bertz CT molecular complexity index is 664. The van der Waals surface area contributed by atoms with Gasteiger partial charge in [-0.25, -0.2) is 22.4 Å². The molecule has 1 aromatic carbocycles. The van der Waals surface area contributed by atoms with Gasteiger partial charge in [-0.3, -0.25) is 0 Å². The van der Waals surface area contributed by atoms with E-state index in [0.29, 0.717) is 0 Å². The van der Waals surface area contributed by atoms with Crippen LogP contribution in [0, 0.1) is 23.3 Å². The molecule has 2 N–H and O–H groups in total. The summed E-state index contributed by atoms with van der Waals surface area (Å²) < 4.78 is 65.3. The Hall–Kier alpha value is -1.48. The van der Waals surface area contributed by atoms with E-state index in [4.69, 9.17) is 15.2 Å². The zero-order chi connectivity index (χ0) is 20.4. The molecule has 1 rings (SSSR count). The highest BCUT2D eigenvalue weighted by molar-refractivity contribution is 7.81. The average Bonchev–Trinajstić information content (AvgIpc) is 2.50. The molecule has 26 heavy (non-hydrogen) atoms. The fourth-order valence-corrected chi connectivity index (χ4v) is 1.94. The van der Waals surface area contributed by atoms with Crippen LogP contribution in [0.4, 0.5) is 23.2 Å². The van der Waals surface area contributed by atoms with Crippen molar-refractivity contribution in [1.29, 1.82) is 0 Å². The van der Waals surface area contributed by atoms with Crippen LogP contribution in [0.2, 0.25) is 0 Å². The normalized spacial score (nSPS) is 13.6. The number of hydrogen-bond donors (Lipinski definition) is 2. The molecule has 0 spiro atoms. The molecule has 148 valence electrons. The van der Waals surface area contributed by atoms with Gasteiger partial charge in [0.1, 0.15) is 16.9 Å². The average molecular weight is 397 g/mol. The molecular formula is C17H23F4NO3S. The molecule has 9 heteroatoms. The molecule has 0 aliphatic rings. The smallest absolute Gasteiger partial charge is 0.344 e. The minimum absolute atomic E-state index is 0.0721. The molecule has 0 saturated carbocycles. The highest BCUT2D eigenvalue weighted by Crippen LogP contribution is 2.28. The topological polar surface area (TPSA) is 61.5 Å². The Morgan fingerprint density at radius 1 is 1.08 bits per heavy atom. The predicted octanol–water partition coefficient (Wildman–Crippen LogP) is 4.26.